The number of ether oxygens (including phenoxy) is 2. The Balaban J connectivity index is 1.62. The Morgan fingerprint density at radius 2 is 1.79 bits per heavy atom. The van der Waals surface area contributed by atoms with Gasteiger partial charge in [0.25, 0.3) is 0 Å². The van der Waals surface area contributed by atoms with Crippen molar-refractivity contribution >= 4 is 23.1 Å². The summed E-state index contributed by atoms with van der Waals surface area (Å²) in [6.45, 7) is 16.0. The minimum absolute atomic E-state index is 0.0279. The number of carbonyl (C=O) groups excluding carboxylic acids is 2. The number of rotatable bonds is 11. The van der Waals surface area contributed by atoms with E-state index in [2.05, 4.69) is 36.0 Å². The fraction of sp³-hybridized carbons (Fsp3) is 0.414. The van der Waals surface area contributed by atoms with Crippen LogP contribution in [0, 0.1) is 6.57 Å². The molecule has 4 rings (SSSR count). The van der Waals surface area contributed by atoms with E-state index in [0.29, 0.717) is 22.7 Å². The van der Waals surface area contributed by atoms with Crippen molar-refractivity contribution < 1.29 is 23.5 Å². The van der Waals surface area contributed by atoms with Gasteiger partial charge >= 0.3 is 6.09 Å². The third-order valence-corrected chi connectivity index (χ3v) is 6.07. The molecule has 0 aliphatic carbocycles. The van der Waals surface area contributed by atoms with E-state index in [1.165, 1.54) is 4.68 Å². The standard InChI is InChI=1S/C29H34N8O5/c1-28(2,3)42-27(39)33-29(4,5)26(38)32-22(16-24-31-21-14-10-11-15-23(21)41-24)25-34-35-36-37(25)19(17-30-6)18-40-20-12-8-7-9-13-20/h7-15,19,22H,16-18H2,1-5H3,(H,32,38)(H,33,39)/t19?,22-/m1/s1. The van der Waals surface area contributed by atoms with Crippen molar-refractivity contribution in [2.45, 2.75) is 64.3 Å². The molecule has 0 saturated carbocycles. The van der Waals surface area contributed by atoms with Gasteiger partial charge in [0.1, 0.15) is 29.0 Å². The Labute approximate surface area is 243 Å². The van der Waals surface area contributed by atoms with E-state index in [0.717, 1.165) is 0 Å². The zero-order valence-corrected chi connectivity index (χ0v) is 24.2. The molecule has 2 aromatic heterocycles. The summed E-state index contributed by atoms with van der Waals surface area (Å²) in [5.41, 5.74) is -0.863. The maximum atomic E-state index is 13.6. The summed E-state index contributed by atoms with van der Waals surface area (Å²) >= 11 is 0. The van der Waals surface area contributed by atoms with Gasteiger partial charge in [-0.25, -0.2) is 21.0 Å². The van der Waals surface area contributed by atoms with Crippen LogP contribution < -0.4 is 15.4 Å². The number of hydrogen-bond donors (Lipinski definition) is 2. The first-order valence-corrected chi connectivity index (χ1v) is 13.4. The summed E-state index contributed by atoms with van der Waals surface area (Å²) in [6, 6.07) is 15.1. The van der Waals surface area contributed by atoms with E-state index in [1.54, 1.807) is 40.7 Å². The molecule has 0 aliphatic rings. The van der Waals surface area contributed by atoms with Gasteiger partial charge in [-0.1, -0.05) is 30.3 Å². The summed E-state index contributed by atoms with van der Waals surface area (Å²) < 4.78 is 18.7. The van der Waals surface area contributed by atoms with Crippen molar-refractivity contribution in [1.82, 2.24) is 35.8 Å². The van der Waals surface area contributed by atoms with Crippen molar-refractivity contribution in [1.29, 1.82) is 0 Å². The second-order valence-corrected chi connectivity index (χ2v) is 11.2. The number of tetrazole rings is 1. The van der Waals surface area contributed by atoms with Crippen molar-refractivity contribution in [2.75, 3.05) is 13.2 Å². The van der Waals surface area contributed by atoms with Crippen LogP contribution in [-0.4, -0.2) is 61.5 Å². The molecule has 2 amide bonds. The number of nitrogens with one attached hydrogen (secondary N) is 2. The lowest BCUT2D eigenvalue weighted by molar-refractivity contribution is -0.127. The molecule has 0 fully saturated rings. The number of oxazole rings is 1. The summed E-state index contributed by atoms with van der Waals surface area (Å²) in [5, 5.41) is 17.8. The average Bonchev–Trinajstić information content (AvgIpc) is 3.56. The Bertz CT molecular complexity index is 1520. The molecular formula is C29H34N8O5. The SMILES string of the molecule is [C-]#[N+]CC(COc1ccccc1)n1nnnc1[C@@H](Cc1nc2ccccc2o1)NC(=O)C(C)(C)NC(=O)OC(C)(C)C. The van der Waals surface area contributed by atoms with Crippen LogP contribution in [0.3, 0.4) is 0 Å². The average molecular weight is 575 g/mol. The Morgan fingerprint density at radius 1 is 1.07 bits per heavy atom. The van der Waals surface area contributed by atoms with Crippen LogP contribution in [0.15, 0.2) is 59.0 Å². The highest BCUT2D eigenvalue weighted by molar-refractivity contribution is 5.89. The number of fused-ring (bicyclic) bond motifs is 1. The maximum Gasteiger partial charge on any atom is 0.408 e. The Morgan fingerprint density at radius 3 is 2.48 bits per heavy atom. The predicted octanol–water partition coefficient (Wildman–Crippen LogP) is 4.06. The molecule has 0 spiro atoms. The minimum Gasteiger partial charge on any atom is -0.491 e. The van der Waals surface area contributed by atoms with Gasteiger partial charge in [0.2, 0.25) is 12.5 Å². The molecule has 0 radical (unpaired) electrons. The highest BCUT2D eigenvalue weighted by Gasteiger charge is 2.36. The zero-order valence-electron chi connectivity index (χ0n) is 24.2. The van der Waals surface area contributed by atoms with E-state index in [4.69, 9.17) is 20.5 Å². The van der Waals surface area contributed by atoms with Crippen LogP contribution in [0.1, 0.15) is 58.4 Å². The quantitative estimate of drug-likeness (QED) is 0.253. The lowest BCUT2D eigenvalue weighted by Crippen LogP contribution is -2.56. The van der Waals surface area contributed by atoms with E-state index >= 15 is 0 Å². The van der Waals surface area contributed by atoms with E-state index in [1.807, 2.05) is 48.5 Å². The van der Waals surface area contributed by atoms with E-state index in [9.17, 15) is 9.59 Å². The third-order valence-electron chi connectivity index (χ3n) is 6.07. The van der Waals surface area contributed by atoms with Crippen LogP contribution >= 0.6 is 0 Å². The second kappa shape index (κ2) is 12.7. The van der Waals surface area contributed by atoms with Gasteiger partial charge in [-0.15, -0.1) is 5.10 Å². The van der Waals surface area contributed by atoms with E-state index in [-0.39, 0.29) is 25.4 Å². The summed E-state index contributed by atoms with van der Waals surface area (Å²) in [6.07, 6.45) is -0.647. The zero-order chi connectivity index (χ0) is 30.3. The highest BCUT2D eigenvalue weighted by atomic mass is 16.6. The number of nitrogens with zero attached hydrogens (tertiary/aromatic N) is 6. The normalized spacial score (nSPS) is 13.1. The first-order chi connectivity index (χ1) is 19.9. The lowest BCUT2D eigenvalue weighted by atomic mass is 10.0. The molecule has 0 saturated heterocycles. The van der Waals surface area contributed by atoms with Crippen LogP contribution in [0.25, 0.3) is 15.9 Å². The minimum atomic E-state index is -1.37. The van der Waals surface area contributed by atoms with Gasteiger partial charge in [0, 0.05) is 0 Å². The molecule has 2 atom stereocenters. The summed E-state index contributed by atoms with van der Waals surface area (Å²) in [5.74, 6) is 0.722. The fourth-order valence-electron chi connectivity index (χ4n) is 4.05. The smallest absolute Gasteiger partial charge is 0.408 e. The largest absolute Gasteiger partial charge is 0.491 e. The first-order valence-electron chi connectivity index (χ1n) is 13.4. The monoisotopic (exact) mass is 574 g/mol. The molecule has 220 valence electrons. The number of hydrogen-bond acceptors (Lipinski definition) is 9. The Kier molecular flexibility index (Phi) is 9.05. The second-order valence-electron chi connectivity index (χ2n) is 11.2. The van der Waals surface area contributed by atoms with Gasteiger partial charge in [0.15, 0.2) is 23.3 Å². The molecule has 13 nitrogen and oxygen atoms in total. The molecule has 1 unspecified atom stereocenters. The summed E-state index contributed by atoms with van der Waals surface area (Å²) in [4.78, 5) is 34.1. The molecule has 13 heteroatoms. The van der Waals surface area contributed by atoms with Crippen molar-refractivity contribution in [3.63, 3.8) is 0 Å². The predicted molar refractivity (Wildman–Crippen MR) is 152 cm³/mol. The molecule has 2 heterocycles. The molecular weight excluding hydrogens is 540 g/mol. The fourth-order valence-corrected chi connectivity index (χ4v) is 4.05. The topological polar surface area (TPSA) is 151 Å². The van der Waals surface area contributed by atoms with Crippen molar-refractivity contribution in [3.8, 4) is 5.75 Å². The van der Waals surface area contributed by atoms with Gasteiger partial charge < -0.3 is 29.4 Å². The number of aromatic nitrogens is 5. The number of alkyl carbamates (subject to hydrolysis) is 1. The molecule has 0 aliphatic heterocycles. The van der Waals surface area contributed by atoms with Crippen LogP contribution in [0.4, 0.5) is 4.79 Å². The van der Waals surface area contributed by atoms with Gasteiger partial charge in [0.05, 0.1) is 12.5 Å². The third kappa shape index (κ3) is 7.81. The molecule has 42 heavy (non-hydrogen) atoms. The summed E-state index contributed by atoms with van der Waals surface area (Å²) in [7, 11) is 0. The van der Waals surface area contributed by atoms with E-state index < -0.39 is 35.2 Å². The number of para-hydroxylation sites is 3. The molecule has 4 aromatic rings. The van der Waals surface area contributed by atoms with Crippen molar-refractivity contribution in [3.05, 3.63) is 77.7 Å². The highest BCUT2D eigenvalue weighted by Crippen LogP contribution is 2.24. The first kappa shape index (κ1) is 30.0. The number of carbonyl (C=O) groups is 2. The Hall–Kier alpha value is -4.99. The number of amides is 2. The van der Waals surface area contributed by atoms with Crippen LogP contribution in [-0.2, 0) is 16.0 Å². The van der Waals surface area contributed by atoms with Crippen molar-refractivity contribution in [2.24, 2.45) is 0 Å². The van der Waals surface area contributed by atoms with Crippen LogP contribution in [0.2, 0.25) is 0 Å². The van der Waals surface area contributed by atoms with Crippen LogP contribution in [0.5, 0.6) is 5.75 Å². The van der Waals surface area contributed by atoms with Gasteiger partial charge in [-0.3, -0.25) is 4.79 Å². The van der Waals surface area contributed by atoms with Gasteiger partial charge in [-0.05, 0) is 69.3 Å². The maximum absolute atomic E-state index is 13.6. The molecule has 0 bridgehead atoms. The molecule has 2 aromatic carbocycles. The lowest BCUT2D eigenvalue weighted by Gasteiger charge is -2.29. The van der Waals surface area contributed by atoms with Gasteiger partial charge in [-0.2, -0.15) is 0 Å². The number of benzene rings is 2. The molecule has 2 N–H and O–H groups in total.